The molecule has 3 atom stereocenters. The number of nitrogens with one attached hydrogen (secondary N) is 4. The number of benzene rings is 2. The van der Waals surface area contributed by atoms with Crippen LogP contribution in [-0.2, 0) is 36.8 Å². The van der Waals surface area contributed by atoms with E-state index in [0.29, 0.717) is 18.4 Å². The van der Waals surface area contributed by atoms with Crippen LogP contribution in [0.2, 0.25) is 0 Å². The molecule has 0 saturated heterocycles. The Morgan fingerprint density at radius 3 is 1.88 bits per heavy atom. The van der Waals surface area contributed by atoms with Gasteiger partial charge >= 0.3 is 12.1 Å². The molecular weight excluding hydrogens is 544 g/mol. The SMILES string of the molecule is C[C@@H](NC(=O)[C@H](Cc1ccc(O)cc1)NC(=O)OC(C)(C)C)C(=O)N[C@@H](Cc1ccccc1)C(=O)NC1(C(=O)O)CC1. The van der Waals surface area contributed by atoms with Crippen LogP contribution >= 0.6 is 0 Å². The summed E-state index contributed by atoms with van der Waals surface area (Å²) in [7, 11) is 0. The molecule has 0 spiro atoms. The van der Waals surface area contributed by atoms with Gasteiger partial charge in [0.25, 0.3) is 0 Å². The van der Waals surface area contributed by atoms with Crippen LogP contribution in [0.15, 0.2) is 54.6 Å². The molecule has 1 saturated carbocycles. The van der Waals surface area contributed by atoms with Gasteiger partial charge in [-0.3, -0.25) is 14.4 Å². The number of ether oxygens (including phenoxy) is 1. The fourth-order valence-electron chi connectivity index (χ4n) is 4.10. The fraction of sp³-hybridized carbons (Fsp3) is 0.433. The minimum Gasteiger partial charge on any atom is -0.508 e. The number of carbonyl (C=O) groups is 5. The van der Waals surface area contributed by atoms with Crippen molar-refractivity contribution >= 4 is 29.8 Å². The number of phenolic OH excluding ortho intramolecular Hbond substituents is 1. The average Bonchev–Trinajstić information content (AvgIpc) is 3.69. The molecule has 0 aromatic heterocycles. The Kier molecular flexibility index (Phi) is 10.2. The molecule has 12 heteroatoms. The van der Waals surface area contributed by atoms with Gasteiger partial charge in [-0.2, -0.15) is 0 Å². The standard InChI is InChI=1S/C30H38N4O8/c1-18(31-25(37)22(33-28(41)42-29(2,3)4)17-20-10-12-21(35)13-11-20)24(36)32-23(16-19-8-6-5-7-9-19)26(38)34-30(14-15-30)27(39)40/h5-13,18,22-23,35H,14-17H2,1-4H3,(H,31,37)(H,32,36)(H,33,41)(H,34,38)(H,39,40)/t18-,22+,23+/m1/s1. The summed E-state index contributed by atoms with van der Waals surface area (Å²) in [5, 5.41) is 29.3. The van der Waals surface area contributed by atoms with Crippen molar-refractivity contribution < 1.29 is 38.9 Å². The summed E-state index contributed by atoms with van der Waals surface area (Å²) in [6, 6.07) is 11.6. The normalized spacial score (nSPS) is 15.7. The maximum absolute atomic E-state index is 13.3. The molecule has 0 radical (unpaired) electrons. The van der Waals surface area contributed by atoms with E-state index in [1.165, 1.54) is 19.1 Å². The van der Waals surface area contributed by atoms with Gasteiger partial charge in [0.15, 0.2) is 0 Å². The largest absolute Gasteiger partial charge is 0.508 e. The van der Waals surface area contributed by atoms with E-state index in [1.54, 1.807) is 63.2 Å². The second-order valence-electron chi connectivity index (χ2n) is 11.4. The van der Waals surface area contributed by atoms with Gasteiger partial charge in [-0.25, -0.2) is 9.59 Å². The van der Waals surface area contributed by atoms with Crippen molar-refractivity contribution in [2.45, 2.75) is 82.6 Å². The third-order valence-corrected chi connectivity index (χ3v) is 6.57. The first-order valence-electron chi connectivity index (χ1n) is 13.6. The van der Waals surface area contributed by atoms with Crippen LogP contribution in [0.3, 0.4) is 0 Å². The lowest BCUT2D eigenvalue weighted by atomic mass is 10.0. The molecule has 2 aromatic rings. The van der Waals surface area contributed by atoms with Gasteiger partial charge < -0.3 is 36.2 Å². The summed E-state index contributed by atoms with van der Waals surface area (Å²) in [4.78, 5) is 63.6. The lowest BCUT2D eigenvalue weighted by Gasteiger charge is -2.26. The number of amides is 4. The Morgan fingerprint density at radius 2 is 1.36 bits per heavy atom. The van der Waals surface area contributed by atoms with Crippen LogP contribution in [0.4, 0.5) is 4.79 Å². The summed E-state index contributed by atoms with van der Waals surface area (Å²) in [6.07, 6.45) is -0.112. The van der Waals surface area contributed by atoms with Gasteiger partial charge in [-0.1, -0.05) is 42.5 Å². The van der Waals surface area contributed by atoms with E-state index in [2.05, 4.69) is 21.3 Å². The zero-order chi connectivity index (χ0) is 31.1. The monoisotopic (exact) mass is 582 g/mol. The van der Waals surface area contributed by atoms with Crippen molar-refractivity contribution in [3.8, 4) is 5.75 Å². The number of aromatic hydroxyl groups is 1. The molecule has 1 aliphatic carbocycles. The molecular formula is C30H38N4O8. The first-order chi connectivity index (χ1) is 19.7. The lowest BCUT2D eigenvalue weighted by Crippen LogP contribution is -2.58. The van der Waals surface area contributed by atoms with Gasteiger partial charge in [0.05, 0.1) is 0 Å². The van der Waals surface area contributed by atoms with E-state index in [1.807, 2.05) is 0 Å². The van der Waals surface area contributed by atoms with Gasteiger partial charge in [0.2, 0.25) is 17.7 Å². The fourth-order valence-corrected chi connectivity index (χ4v) is 4.10. The van der Waals surface area contributed by atoms with Crippen LogP contribution in [0.25, 0.3) is 0 Å². The first kappa shape index (κ1) is 31.9. The zero-order valence-electron chi connectivity index (χ0n) is 24.1. The van der Waals surface area contributed by atoms with E-state index in [4.69, 9.17) is 4.74 Å². The van der Waals surface area contributed by atoms with Crippen LogP contribution in [0.5, 0.6) is 5.75 Å². The van der Waals surface area contributed by atoms with Crippen LogP contribution in [-0.4, -0.2) is 69.3 Å². The summed E-state index contributed by atoms with van der Waals surface area (Å²) >= 11 is 0. The highest BCUT2D eigenvalue weighted by molar-refractivity contribution is 5.96. The van der Waals surface area contributed by atoms with Crippen molar-refractivity contribution in [1.29, 1.82) is 0 Å². The van der Waals surface area contributed by atoms with E-state index < -0.39 is 59.0 Å². The number of alkyl carbamates (subject to hydrolysis) is 1. The number of hydrogen-bond donors (Lipinski definition) is 6. The number of carboxylic acid groups (broad SMARTS) is 1. The van der Waals surface area contributed by atoms with Crippen LogP contribution in [0.1, 0.15) is 51.7 Å². The minimum atomic E-state index is -1.34. The highest BCUT2D eigenvalue weighted by Crippen LogP contribution is 2.35. The zero-order valence-corrected chi connectivity index (χ0v) is 24.1. The third kappa shape index (κ3) is 9.50. The Labute approximate surface area is 244 Å². The molecule has 3 rings (SSSR count). The molecule has 4 amide bonds. The maximum Gasteiger partial charge on any atom is 0.408 e. The predicted octanol–water partition coefficient (Wildman–Crippen LogP) is 1.79. The Hall–Kier alpha value is -4.61. The van der Waals surface area contributed by atoms with Crippen LogP contribution < -0.4 is 21.3 Å². The first-order valence-corrected chi connectivity index (χ1v) is 13.6. The number of carbonyl (C=O) groups excluding carboxylic acids is 4. The van der Waals surface area contributed by atoms with Gasteiger partial charge in [-0.05, 0) is 63.8 Å². The minimum absolute atomic E-state index is 0.0372. The highest BCUT2D eigenvalue weighted by atomic mass is 16.6. The average molecular weight is 583 g/mol. The molecule has 1 aliphatic rings. The summed E-state index contributed by atoms with van der Waals surface area (Å²) in [6.45, 7) is 6.46. The van der Waals surface area contributed by atoms with E-state index >= 15 is 0 Å². The molecule has 42 heavy (non-hydrogen) atoms. The molecule has 0 aliphatic heterocycles. The quantitative estimate of drug-likeness (QED) is 0.219. The number of phenols is 1. The maximum atomic E-state index is 13.3. The second-order valence-corrected chi connectivity index (χ2v) is 11.4. The van der Waals surface area contributed by atoms with E-state index in [9.17, 15) is 34.2 Å². The van der Waals surface area contributed by atoms with Gasteiger partial charge in [0, 0.05) is 12.8 Å². The summed E-state index contributed by atoms with van der Waals surface area (Å²) in [5.74, 6) is -3.11. The van der Waals surface area contributed by atoms with Crippen molar-refractivity contribution in [3.63, 3.8) is 0 Å². The number of carboxylic acids is 1. The van der Waals surface area contributed by atoms with Crippen molar-refractivity contribution in [1.82, 2.24) is 21.3 Å². The smallest absolute Gasteiger partial charge is 0.408 e. The van der Waals surface area contributed by atoms with Crippen molar-refractivity contribution in [2.24, 2.45) is 0 Å². The second kappa shape index (κ2) is 13.4. The highest BCUT2D eigenvalue weighted by Gasteiger charge is 2.52. The van der Waals surface area contributed by atoms with E-state index in [0.717, 1.165) is 5.56 Å². The Bertz CT molecular complexity index is 1290. The number of aliphatic carboxylic acids is 1. The topological polar surface area (TPSA) is 183 Å². The number of rotatable bonds is 12. The van der Waals surface area contributed by atoms with Gasteiger partial charge in [-0.15, -0.1) is 0 Å². The molecule has 0 bridgehead atoms. The molecule has 6 N–H and O–H groups in total. The molecule has 2 aromatic carbocycles. The molecule has 0 heterocycles. The third-order valence-electron chi connectivity index (χ3n) is 6.57. The van der Waals surface area contributed by atoms with Crippen LogP contribution in [0, 0.1) is 0 Å². The molecule has 1 fully saturated rings. The molecule has 12 nitrogen and oxygen atoms in total. The molecule has 226 valence electrons. The van der Waals surface area contributed by atoms with Crippen molar-refractivity contribution in [3.05, 3.63) is 65.7 Å². The summed E-state index contributed by atoms with van der Waals surface area (Å²) < 4.78 is 5.29. The molecule has 0 unspecified atom stereocenters. The predicted molar refractivity (Wildman–Crippen MR) is 152 cm³/mol. The van der Waals surface area contributed by atoms with E-state index in [-0.39, 0.29) is 18.6 Å². The Morgan fingerprint density at radius 1 is 0.810 bits per heavy atom. The lowest BCUT2D eigenvalue weighted by molar-refractivity contribution is -0.143. The summed E-state index contributed by atoms with van der Waals surface area (Å²) in [5.41, 5.74) is -0.783. The van der Waals surface area contributed by atoms with Crippen molar-refractivity contribution in [2.75, 3.05) is 0 Å². The number of hydrogen-bond acceptors (Lipinski definition) is 7. The Balaban J connectivity index is 1.71. The van der Waals surface area contributed by atoms with Gasteiger partial charge in [0.1, 0.15) is 35.0 Å².